The Kier molecular flexibility index (Phi) is 3.92. The number of benzene rings is 1. The summed E-state index contributed by atoms with van der Waals surface area (Å²) < 4.78 is 11.2. The van der Waals surface area contributed by atoms with Crippen molar-refractivity contribution in [3.05, 3.63) is 48.7 Å². The molecule has 4 heteroatoms. The van der Waals surface area contributed by atoms with Crippen molar-refractivity contribution in [1.82, 2.24) is 9.97 Å². The topological polar surface area (TPSA) is 44.2 Å². The molecule has 0 atom stereocenters. The Labute approximate surface area is 129 Å². The molecule has 0 aliphatic carbocycles. The molecule has 3 rings (SSSR count). The average Bonchev–Trinajstić information content (AvgIpc) is 2.54. The fourth-order valence-electron chi connectivity index (χ4n) is 2.29. The first-order valence-electron chi connectivity index (χ1n) is 7.24. The maximum atomic E-state index is 5.88. The molecular formula is C18H18N2O2. The van der Waals surface area contributed by atoms with Crippen molar-refractivity contribution in [2.45, 2.75) is 20.0 Å². The van der Waals surface area contributed by atoms with Crippen LogP contribution in [0.3, 0.4) is 0 Å². The molecule has 0 aliphatic rings. The molecule has 0 bridgehead atoms. The fraction of sp³-hybridized carbons (Fsp3) is 0.222. The largest absolute Gasteiger partial charge is 0.497 e. The standard InChI is InChI=1S/C18H18N2O2/c1-12(2)22-18-15-8-7-14(21-3)10-13(15)11-17(20-18)16-6-4-5-9-19-16/h4-12H,1-3H3. The molecule has 0 spiro atoms. The second-order valence-corrected chi connectivity index (χ2v) is 5.28. The van der Waals surface area contributed by atoms with Crippen LogP contribution in [0.1, 0.15) is 13.8 Å². The van der Waals surface area contributed by atoms with E-state index in [2.05, 4.69) is 9.97 Å². The molecule has 3 aromatic rings. The summed E-state index contributed by atoms with van der Waals surface area (Å²) in [5.41, 5.74) is 1.61. The highest BCUT2D eigenvalue weighted by atomic mass is 16.5. The number of aromatic nitrogens is 2. The molecule has 112 valence electrons. The first kappa shape index (κ1) is 14.3. The van der Waals surface area contributed by atoms with E-state index >= 15 is 0 Å². The maximum absolute atomic E-state index is 5.88. The molecule has 0 saturated heterocycles. The zero-order valence-corrected chi connectivity index (χ0v) is 12.9. The van der Waals surface area contributed by atoms with Crippen LogP contribution in [-0.2, 0) is 0 Å². The van der Waals surface area contributed by atoms with Crippen molar-refractivity contribution < 1.29 is 9.47 Å². The van der Waals surface area contributed by atoms with E-state index in [4.69, 9.17) is 9.47 Å². The van der Waals surface area contributed by atoms with Crippen molar-refractivity contribution in [1.29, 1.82) is 0 Å². The molecule has 0 aliphatic heterocycles. The highest BCUT2D eigenvalue weighted by Crippen LogP contribution is 2.31. The summed E-state index contributed by atoms with van der Waals surface area (Å²) in [6.45, 7) is 3.98. The van der Waals surface area contributed by atoms with Gasteiger partial charge in [0, 0.05) is 11.6 Å². The summed E-state index contributed by atoms with van der Waals surface area (Å²) in [4.78, 5) is 9.01. The van der Waals surface area contributed by atoms with Crippen LogP contribution < -0.4 is 9.47 Å². The van der Waals surface area contributed by atoms with Gasteiger partial charge in [-0.2, -0.15) is 0 Å². The van der Waals surface area contributed by atoms with Gasteiger partial charge in [0.25, 0.3) is 0 Å². The van der Waals surface area contributed by atoms with Gasteiger partial charge in [-0.25, -0.2) is 4.98 Å². The Balaban J connectivity index is 2.21. The van der Waals surface area contributed by atoms with Crippen LogP contribution in [0.2, 0.25) is 0 Å². The summed E-state index contributed by atoms with van der Waals surface area (Å²) in [7, 11) is 1.66. The Bertz CT molecular complexity index is 786. The number of fused-ring (bicyclic) bond motifs is 1. The van der Waals surface area contributed by atoms with Crippen LogP contribution in [0.5, 0.6) is 11.6 Å². The molecule has 0 radical (unpaired) electrons. The van der Waals surface area contributed by atoms with Crippen molar-refractivity contribution in [3.63, 3.8) is 0 Å². The molecule has 2 aromatic heterocycles. The van der Waals surface area contributed by atoms with E-state index in [9.17, 15) is 0 Å². The van der Waals surface area contributed by atoms with Gasteiger partial charge in [0.15, 0.2) is 0 Å². The lowest BCUT2D eigenvalue weighted by Crippen LogP contribution is -2.08. The van der Waals surface area contributed by atoms with E-state index in [0.717, 1.165) is 27.9 Å². The van der Waals surface area contributed by atoms with E-state index in [0.29, 0.717) is 5.88 Å². The molecule has 0 fully saturated rings. The minimum Gasteiger partial charge on any atom is -0.497 e. The molecule has 1 aromatic carbocycles. The second-order valence-electron chi connectivity index (χ2n) is 5.28. The minimum absolute atomic E-state index is 0.0526. The van der Waals surface area contributed by atoms with Gasteiger partial charge in [-0.3, -0.25) is 4.98 Å². The van der Waals surface area contributed by atoms with E-state index in [1.165, 1.54) is 0 Å². The minimum atomic E-state index is 0.0526. The summed E-state index contributed by atoms with van der Waals surface area (Å²) in [5.74, 6) is 1.43. The van der Waals surface area contributed by atoms with Crippen molar-refractivity contribution >= 4 is 10.8 Å². The van der Waals surface area contributed by atoms with Crippen molar-refractivity contribution in [2.24, 2.45) is 0 Å². The SMILES string of the molecule is COc1ccc2c(OC(C)C)nc(-c3ccccn3)cc2c1. The Morgan fingerprint density at radius 3 is 2.55 bits per heavy atom. The molecular weight excluding hydrogens is 276 g/mol. The fourth-order valence-corrected chi connectivity index (χ4v) is 2.29. The van der Waals surface area contributed by atoms with Crippen LogP contribution in [0.25, 0.3) is 22.2 Å². The number of nitrogens with zero attached hydrogens (tertiary/aromatic N) is 2. The molecule has 2 heterocycles. The molecule has 0 N–H and O–H groups in total. The summed E-state index contributed by atoms with van der Waals surface area (Å²) in [6, 6.07) is 13.7. The van der Waals surface area contributed by atoms with Crippen LogP contribution in [0.15, 0.2) is 48.7 Å². The number of pyridine rings is 2. The van der Waals surface area contributed by atoms with Gasteiger partial charge < -0.3 is 9.47 Å². The maximum Gasteiger partial charge on any atom is 0.222 e. The van der Waals surface area contributed by atoms with Gasteiger partial charge in [-0.05, 0) is 55.6 Å². The average molecular weight is 294 g/mol. The number of hydrogen-bond donors (Lipinski definition) is 0. The lowest BCUT2D eigenvalue weighted by atomic mass is 10.1. The third-order valence-electron chi connectivity index (χ3n) is 3.28. The molecule has 0 saturated carbocycles. The molecule has 0 unspecified atom stereocenters. The number of ether oxygens (including phenoxy) is 2. The number of methoxy groups -OCH3 is 1. The smallest absolute Gasteiger partial charge is 0.222 e. The predicted octanol–water partition coefficient (Wildman–Crippen LogP) is 4.09. The Morgan fingerprint density at radius 1 is 1.00 bits per heavy atom. The number of hydrogen-bond acceptors (Lipinski definition) is 4. The molecule has 4 nitrogen and oxygen atoms in total. The van der Waals surface area contributed by atoms with Crippen LogP contribution in [0.4, 0.5) is 0 Å². The van der Waals surface area contributed by atoms with Crippen LogP contribution in [-0.4, -0.2) is 23.2 Å². The zero-order chi connectivity index (χ0) is 15.5. The monoisotopic (exact) mass is 294 g/mol. The third kappa shape index (κ3) is 2.86. The quantitative estimate of drug-likeness (QED) is 0.727. The summed E-state index contributed by atoms with van der Waals surface area (Å²) >= 11 is 0. The van der Waals surface area contributed by atoms with Gasteiger partial charge in [0.05, 0.1) is 24.6 Å². The highest BCUT2D eigenvalue weighted by molar-refractivity contribution is 5.90. The lowest BCUT2D eigenvalue weighted by molar-refractivity contribution is 0.236. The van der Waals surface area contributed by atoms with E-state index in [-0.39, 0.29) is 6.10 Å². The number of rotatable bonds is 4. The van der Waals surface area contributed by atoms with Crippen LogP contribution in [0, 0.1) is 0 Å². The van der Waals surface area contributed by atoms with E-state index in [1.54, 1.807) is 13.3 Å². The lowest BCUT2D eigenvalue weighted by Gasteiger charge is -2.13. The van der Waals surface area contributed by atoms with Gasteiger partial charge in [-0.15, -0.1) is 0 Å². The van der Waals surface area contributed by atoms with Gasteiger partial charge in [0.1, 0.15) is 5.75 Å². The Morgan fingerprint density at radius 2 is 1.86 bits per heavy atom. The summed E-state index contributed by atoms with van der Waals surface area (Å²) in [6.07, 6.45) is 1.81. The van der Waals surface area contributed by atoms with Crippen molar-refractivity contribution in [2.75, 3.05) is 7.11 Å². The van der Waals surface area contributed by atoms with Crippen LogP contribution >= 0.6 is 0 Å². The first-order chi connectivity index (χ1) is 10.7. The van der Waals surface area contributed by atoms with Gasteiger partial charge in [0.2, 0.25) is 5.88 Å². The first-order valence-corrected chi connectivity index (χ1v) is 7.24. The van der Waals surface area contributed by atoms with Gasteiger partial charge >= 0.3 is 0 Å². The second kappa shape index (κ2) is 6.02. The predicted molar refractivity (Wildman–Crippen MR) is 87.3 cm³/mol. The third-order valence-corrected chi connectivity index (χ3v) is 3.28. The van der Waals surface area contributed by atoms with Crippen molar-refractivity contribution in [3.8, 4) is 23.0 Å². The summed E-state index contributed by atoms with van der Waals surface area (Å²) in [5, 5.41) is 1.99. The highest BCUT2D eigenvalue weighted by Gasteiger charge is 2.11. The zero-order valence-electron chi connectivity index (χ0n) is 12.9. The van der Waals surface area contributed by atoms with E-state index < -0.39 is 0 Å². The van der Waals surface area contributed by atoms with E-state index in [1.807, 2.05) is 56.3 Å². The molecule has 0 amide bonds. The van der Waals surface area contributed by atoms with Gasteiger partial charge in [-0.1, -0.05) is 6.07 Å². The molecule has 22 heavy (non-hydrogen) atoms. The normalized spacial score (nSPS) is 10.9. The Hall–Kier alpha value is -2.62.